The van der Waals surface area contributed by atoms with Crippen molar-refractivity contribution in [2.45, 2.75) is 0 Å². The molecular weight excluding hydrogens is 394 g/mol. The highest BCUT2D eigenvalue weighted by molar-refractivity contribution is 6.24. The summed E-state index contributed by atoms with van der Waals surface area (Å²) in [6.45, 7) is -1.72. The molecule has 0 bridgehead atoms. The van der Waals surface area contributed by atoms with E-state index < -0.39 is 64.5 Å². The van der Waals surface area contributed by atoms with E-state index in [0.717, 1.165) is 18.2 Å². The number of fused-ring (bicyclic) bond motifs is 1. The lowest BCUT2D eigenvalue weighted by atomic mass is 10.1. The zero-order valence-corrected chi connectivity index (χ0v) is 14.4. The van der Waals surface area contributed by atoms with Gasteiger partial charge in [0.15, 0.2) is 24.0 Å². The van der Waals surface area contributed by atoms with Crippen molar-refractivity contribution in [3.63, 3.8) is 0 Å². The third kappa shape index (κ3) is 3.70. The molecule has 9 nitrogen and oxygen atoms in total. The zero-order valence-electron chi connectivity index (χ0n) is 14.4. The number of carbonyl (C=O) groups is 4. The number of rotatable bonds is 6. The first-order valence-electron chi connectivity index (χ1n) is 7.98. The van der Waals surface area contributed by atoms with Crippen LogP contribution in [-0.4, -0.2) is 46.5 Å². The average Bonchev–Trinajstić information content (AvgIpc) is 2.93. The Morgan fingerprint density at radius 1 is 1.07 bits per heavy atom. The number of amides is 2. The predicted molar refractivity (Wildman–Crippen MR) is 90.1 cm³/mol. The van der Waals surface area contributed by atoms with Crippen LogP contribution in [0.5, 0.6) is 0 Å². The minimum absolute atomic E-state index is 0.227. The Labute approximate surface area is 160 Å². The number of carbonyl (C=O) groups excluding carboxylic acids is 4. The maximum Gasteiger partial charge on any atom is 0.326 e. The van der Waals surface area contributed by atoms with Crippen LogP contribution in [0.1, 0.15) is 31.1 Å². The summed E-state index contributed by atoms with van der Waals surface area (Å²) >= 11 is 0. The van der Waals surface area contributed by atoms with Gasteiger partial charge in [0.25, 0.3) is 17.5 Å². The van der Waals surface area contributed by atoms with Crippen molar-refractivity contribution in [3.05, 3.63) is 74.8 Å². The molecule has 148 valence electrons. The van der Waals surface area contributed by atoms with E-state index in [9.17, 15) is 38.1 Å². The van der Waals surface area contributed by atoms with Crippen molar-refractivity contribution < 1.29 is 37.6 Å². The molecule has 0 saturated heterocycles. The topological polar surface area (TPSA) is 124 Å². The third-order valence-electron chi connectivity index (χ3n) is 4.07. The Hall–Kier alpha value is -4.02. The summed E-state index contributed by atoms with van der Waals surface area (Å²) in [4.78, 5) is 59.1. The fraction of sp³-hybridized carbons (Fsp3) is 0.111. The van der Waals surface area contributed by atoms with E-state index in [1.54, 1.807) is 0 Å². The molecule has 2 amide bonds. The molecule has 0 unspecified atom stereocenters. The molecule has 11 heteroatoms. The second kappa shape index (κ2) is 7.54. The maximum absolute atomic E-state index is 13.1. The van der Waals surface area contributed by atoms with Crippen LogP contribution in [0, 0.1) is 21.7 Å². The molecule has 1 heterocycles. The zero-order chi connectivity index (χ0) is 21.3. The monoisotopic (exact) mass is 404 g/mol. The van der Waals surface area contributed by atoms with Gasteiger partial charge in [-0.3, -0.25) is 34.2 Å². The molecule has 0 spiro atoms. The number of hydrogen-bond acceptors (Lipinski definition) is 7. The minimum Gasteiger partial charge on any atom is -0.456 e. The van der Waals surface area contributed by atoms with E-state index in [1.807, 2.05) is 0 Å². The molecule has 0 radical (unpaired) electrons. The number of esters is 1. The van der Waals surface area contributed by atoms with Crippen molar-refractivity contribution >= 4 is 29.3 Å². The number of benzene rings is 2. The molecule has 0 N–H and O–H groups in total. The van der Waals surface area contributed by atoms with Crippen LogP contribution in [0.3, 0.4) is 0 Å². The van der Waals surface area contributed by atoms with Gasteiger partial charge in [0.05, 0.1) is 10.5 Å². The van der Waals surface area contributed by atoms with Gasteiger partial charge in [0.2, 0.25) is 0 Å². The van der Waals surface area contributed by atoms with E-state index in [1.165, 1.54) is 12.1 Å². The Balaban J connectivity index is 1.67. The molecule has 0 saturated carbocycles. The van der Waals surface area contributed by atoms with Crippen LogP contribution in [0.2, 0.25) is 0 Å². The quantitative estimate of drug-likeness (QED) is 0.237. The summed E-state index contributed by atoms with van der Waals surface area (Å²) in [7, 11) is 0. The fourth-order valence-electron chi connectivity index (χ4n) is 2.69. The van der Waals surface area contributed by atoms with E-state index in [2.05, 4.69) is 4.74 Å². The van der Waals surface area contributed by atoms with Gasteiger partial charge in [0.1, 0.15) is 12.1 Å². The molecule has 0 aromatic heterocycles. The van der Waals surface area contributed by atoms with Gasteiger partial charge in [-0.25, -0.2) is 8.78 Å². The number of nitro benzene ring substituents is 1. The lowest BCUT2D eigenvalue weighted by Crippen LogP contribution is -2.36. The Morgan fingerprint density at radius 2 is 1.79 bits per heavy atom. The number of nitro groups is 1. The number of ketones is 1. The van der Waals surface area contributed by atoms with E-state index in [0.29, 0.717) is 11.0 Å². The standard InChI is InChI=1S/C18H10F2N2O7/c19-11-5-4-9(6-12(11)20)14(23)8-29-15(24)7-21-17(25)10-2-1-3-13(22(27)28)16(10)18(21)26/h1-6H,7-8H2. The van der Waals surface area contributed by atoms with Crippen molar-refractivity contribution in [1.29, 1.82) is 0 Å². The fourth-order valence-corrected chi connectivity index (χ4v) is 2.69. The van der Waals surface area contributed by atoms with Crippen LogP contribution in [0.15, 0.2) is 36.4 Å². The van der Waals surface area contributed by atoms with Gasteiger partial charge >= 0.3 is 5.97 Å². The summed E-state index contributed by atoms with van der Waals surface area (Å²) < 4.78 is 30.7. The summed E-state index contributed by atoms with van der Waals surface area (Å²) in [6, 6.07) is 5.85. The Bertz CT molecular complexity index is 1080. The predicted octanol–water partition coefficient (Wildman–Crippen LogP) is 1.90. The first-order valence-corrected chi connectivity index (χ1v) is 7.98. The largest absolute Gasteiger partial charge is 0.456 e. The van der Waals surface area contributed by atoms with Crippen LogP contribution >= 0.6 is 0 Å². The molecular formula is C18H10F2N2O7. The second-order valence-corrected chi connectivity index (χ2v) is 5.87. The second-order valence-electron chi connectivity index (χ2n) is 5.87. The van der Waals surface area contributed by atoms with Crippen LogP contribution in [-0.2, 0) is 9.53 Å². The molecule has 29 heavy (non-hydrogen) atoms. The molecule has 1 aliphatic heterocycles. The lowest BCUT2D eigenvalue weighted by Gasteiger charge is -2.12. The van der Waals surface area contributed by atoms with Gasteiger partial charge in [-0.1, -0.05) is 6.07 Å². The maximum atomic E-state index is 13.1. The van der Waals surface area contributed by atoms with Crippen LogP contribution in [0.4, 0.5) is 14.5 Å². The SMILES string of the molecule is O=C(CN1C(=O)c2cccc([N+](=O)[O-])c2C1=O)OCC(=O)c1ccc(F)c(F)c1. The highest BCUT2D eigenvalue weighted by atomic mass is 19.2. The van der Waals surface area contributed by atoms with Crippen molar-refractivity contribution in [3.8, 4) is 0 Å². The van der Waals surface area contributed by atoms with Crippen LogP contribution in [0.25, 0.3) is 0 Å². The van der Waals surface area contributed by atoms with Gasteiger partial charge < -0.3 is 4.74 Å². The summed E-state index contributed by atoms with van der Waals surface area (Å²) in [5.41, 5.74) is -1.48. The molecule has 3 rings (SSSR count). The first kappa shape index (κ1) is 19.7. The van der Waals surface area contributed by atoms with E-state index >= 15 is 0 Å². The first-order chi connectivity index (χ1) is 13.7. The van der Waals surface area contributed by atoms with E-state index in [-0.39, 0.29) is 11.1 Å². The number of nitrogens with zero attached hydrogens (tertiary/aromatic N) is 2. The Kier molecular flexibility index (Phi) is 5.13. The van der Waals surface area contributed by atoms with Crippen molar-refractivity contribution in [2.24, 2.45) is 0 Å². The summed E-state index contributed by atoms with van der Waals surface area (Å²) in [5.74, 6) is -6.35. The van der Waals surface area contributed by atoms with Gasteiger partial charge in [0, 0.05) is 11.6 Å². The highest BCUT2D eigenvalue weighted by Crippen LogP contribution is 2.30. The Morgan fingerprint density at radius 3 is 2.45 bits per heavy atom. The van der Waals surface area contributed by atoms with Crippen LogP contribution < -0.4 is 0 Å². The molecule has 2 aromatic carbocycles. The number of imide groups is 1. The highest BCUT2D eigenvalue weighted by Gasteiger charge is 2.41. The summed E-state index contributed by atoms with van der Waals surface area (Å²) in [5, 5.41) is 11.0. The molecule has 1 aliphatic rings. The third-order valence-corrected chi connectivity index (χ3v) is 4.07. The number of hydrogen-bond donors (Lipinski definition) is 0. The molecule has 0 atom stereocenters. The molecule has 0 fully saturated rings. The average molecular weight is 404 g/mol. The van der Waals surface area contributed by atoms with Gasteiger partial charge in [-0.15, -0.1) is 0 Å². The normalized spacial score (nSPS) is 12.7. The van der Waals surface area contributed by atoms with Crippen molar-refractivity contribution in [2.75, 3.05) is 13.2 Å². The minimum atomic E-state index is -1.25. The van der Waals surface area contributed by atoms with Gasteiger partial charge in [-0.05, 0) is 24.3 Å². The number of Topliss-reactive ketones (excluding diaryl/α,β-unsaturated/α-hetero) is 1. The molecule has 0 aliphatic carbocycles. The van der Waals surface area contributed by atoms with Gasteiger partial charge in [-0.2, -0.15) is 0 Å². The number of halogens is 2. The lowest BCUT2D eigenvalue weighted by molar-refractivity contribution is -0.385. The van der Waals surface area contributed by atoms with Crippen molar-refractivity contribution in [1.82, 2.24) is 4.90 Å². The summed E-state index contributed by atoms with van der Waals surface area (Å²) in [6.07, 6.45) is 0. The smallest absolute Gasteiger partial charge is 0.326 e. The number of ether oxygens (including phenoxy) is 1. The molecule has 2 aromatic rings. The van der Waals surface area contributed by atoms with E-state index in [4.69, 9.17) is 0 Å².